The molecule has 2 aromatic heterocycles. The number of aromatic nitrogens is 1. The van der Waals surface area contributed by atoms with Gasteiger partial charge in [0.15, 0.2) is 0 Å². The van der Waals surface area contributed by atoms with Gasteiger partial charge in [0.05, 0.1) is 16.9 Å². The van der Waals surface area contributed by atoms with Crippen LogP contribution >= 0.6 is 11.3 Å². The molecule has 1 aromatic carbocycles. The van der Waals surface area contributed by atoms with E-state index in [0.717, 1.165) is 22.3 Å². The molecule has 1 N–H and O–H groups in total. The fraction of sp³-hybridized carbons (Fsp3) is 0.227. The number of pyridine rings is 1. The third-order valence-corrected chi connectivity index (χ3v) is 6.28. The number of piperidine rings is 1. The molecular formula is C22H20N4O4S. The summed E-state index contributed by atoms with van der Waals surface area (Å²) in [6.07, 6.45) is 3.07. The standard InChI is InChI=1S/C22H20N4O4S/c1-14-4-6-15(7-5-14)25-20(27)9-8-16(21(25)19-3-2-12-31-19)22(28)24-17-10-11-23-13-18(17)26(29)30/h2-7,10-13,16,21H,8-9H2,1H3,(H,23,24,28). The van der Waals surface area contributed by atoms with Gasteiger partial charge in [-0.05, 0) is 43.0 Å². The third kappa shape index (κ3) is 4.17. The monoisotopic (exact) mass is 436 g/mol. The fourth-order valence-electron chi connectivity index (χ4n) is 3.82. The molecule has 0 radical (unpaired) electrons. The highest BCUT2D eigenvalue weighted by molar-refractivity contribution is 7.10. The van der Waals surface area contributed by atoms with Crippen molar-refractivity contribution >= 4 is 40.2 Å². The van der Waals surface area contributed by atoms with Crippen molar-refractivity contribution in [3.8, 4) is 0 Å². The van der Waals surface area contributed by atoms with E-state index in [0.29, 0.717) is 6.42 Å². The van der Waals surface area contributed by atoms with Gasteiger partial charge in [-0.3, -0.25) is 24.7 Å². The number of aryl methyl sites for hydroxylation is 1. The van der Waals surface area contributed by atoms with E-state index in [1.54, 1.807) is 4.90 Å². The van der Waals surface area contributed by atoms with Gasteiger partial charge >= 0.3 is 5.69 Å². The Morgan fingerprint density at radius 2 is 2.03 bits per heavy atom. The van der Waals surface area contributed by atoms with Crippen LogP contribution in [0.5, 0.6) is 0 Å². The number of hydrogen-bond acceptors (Lipinski definition) is 6. The van der Waals surface area contributed by atoms with Crippen molar-refractivity contribution in [1.82, 2.24) is 4.98 Å². The molecule has 1 saturated heterocycles. The first-order valence-electron chi connectivity index (χ1n) is 9.77. The number of hydrogen-bond donors (Lipinski definition) is 1. The average Bonchev–Trinajstić information content (AvgIpc) is 3.29. The van der Waals surface area contributed by atoms with Crippen LogP contribution in [0.2, 0.25) is 0 Å². The number of anilines is 2. The minimum atomic E-state index is -0.581. The zero-order chi connectivity index (χ0) is 22.0. The molecule has 2 atom stereocenters. The van der Waals surface area contributed by atoms with E-state index in [4.69, 9.17) is 0 Å². The first kappa shape index (κ1) is 20.7. The lowest BCUT2D eigenvalue weighted by Gasteiger charge is -2.40. The average molecular weight is 436 g/mol. The molecule has 2 amide bonds. The zero-order valence-corrected chi connectivity index (χ0v) is 17.5. The molecule has 0 saturated carbocycles. The number of thiophene rings is 1. The zero-order valence-electron chi connectivity index (χ0n) is 16.7. The van der Waals surface area contributed by atoms with Gasteiger partial charge in [-0.15, -0.1) is 11.3 Å². The van der Waals surface area contributed by atoms with Gasteiger partial charge in [0.1, 0.15) is 11.9 Å². The largest absolute Gasteiger partial charge is 0.320 e. The van der Waals surface area contributed by atoms with Crippen LogP contribution in [0, 0.1) is 23.0 Å². The van der Waals surface area contributed by atoms with Crippen LogP contribution in [0.3, 0.4) is 0 Å². The summed E-state index contributed by atoms with van der Waals surface area (Å²) in [6.45, 7) is 1.97. The quantitative estimate of drug-likeness (QED) is 0.469. The predicted molar refractivity (Wildman–Crippen MR) is 118 cm³/mol. The van der Waals surface area contributed by atoms with Crippen LogP contribution in [0.25, 0.3) is 0 Å². The van der Waals surface area contributed by atoms with E-state index in [9.17, 15) is 19.7 Å². The minimum absolute atomic E-state index is 0.0544. The second-order valence-corrected chi connectivity index (χ2v) is 8.32. The number of carbonyl (C=O) groups excluding carboxylic acids is 2. The lowest BCUT2D eigenvalue weighted by atomic mass is 9.86. The number of amides is 2. The van der Waals surface area contributed by atoms with Gasteiger partial charge in [0.25, 0.3) is 0 Å². The summed E-state index contributed by atoms with van der Waals surface area (Å²) in [5, 5.41) is 15.9. The van der Waals surface area contributed by atoms with E-state index in [-0.39, 0.29) is 29.6 Å². The highest BCUT2D eigenvalue weighted by Crippen LogP contribution is 2.42. The lowest BCUT2D eigenvalue weighted by molar-refractivity contribution is -0.384. The van der Waals surface area contributed by atoms with Crippen molar-refractivity contribution in [2.75, 3.05) is 10.2 Å². The third-order valence-electron chi connectivity index (χ3n) is 5.34. The summed E-state index contributed by atoms with van der Waals surface area (Å²) < 4.78 is 0. The smallest absolute Gasteiger partial charge is 0.310 e. The Morgan fingerprint density at radius 3 is 2.71 bits per heavy atom. The highest BCUT2D eigenvalue weighted by Gasteiger charge is 2.42. The summed E-state index contributed by atoms with van der Waals surface area (Å²) in [5.74, 6) is -0.982. The molecule has 1 fully saturated rings. The van der Waals surface area contributed by atoms with E-state index in [2.05, 4.69) is 10.3 Å². The molecule has 8 nitrogen and oxygen atoms in total. The molecule has 1 aliphatic rings. The van der Waals surface area contributed by atoms with Gasteiger partial charge in [0, 0.05) is 23.2 Å². The van der Waals surface area contributed by atoms with Crippen molar-refractivity contribution in [2.24, 2.45) is 5.92 Å². The highest BCUT2D eigenvalue weighted by atomic mass is 32.1. The number of nitrogens with zero attached hydrogens (tertiary/aromatic N) is 3. The number of carbonyl (C=O) groups is 2. The van der Waals surface area contributed by atoms with Gasteiger partial charge in [-0.25, -0.2) is 0 Å². The summed E-state index contributed by atoms with van der Waals surface area (Å²) in [5.41, 5.74) is 1.61. The first-order valence-corrected chi connectivity index (χ1v) is 10.6. The fourth-order valence-corrected chi connectivity index (χ4v) is 4.71. The van der Waals surface area contributed by atoms with E-state index < -0.39 is 16.9 Å². The number of nitro groups is 1. The second kappa shape index (κ2) is 8.65. The molecule has 4 rings (SSSR count). The van der Waals surface area contributed by atoms with Crippen LogP contribution in [0.4, 0.5) is 17.1 Å². The normalized spacial score (nSPS) is 18.6. The molecule has 31 heavy (non-hydrogen) atoms. The Kier molecular flexibility index (Phi) is 5.77. The Hall–Kier alpha value is -3.59. The minimum Gasteiger partial charge on any atom is -0.320 e. The SMILES string of the molecule is Cc1ccc(N2C(=O)CCC(C(=O)Nc3ccncc3[N+](=O)[O-])C2c2cccs2)cc1. The van der Waals surface area contributed by atoms with E-state index >= 15 is 0 Å². The summed E-state index contributed by atoms with van der Waals surface area (Å²) in [4.78, 5) is 43.3. The van der Waals surface area contributed by atoms with Crippen LogP contribution in [0.1, 0.15) is 29.3 Å². The van der Waals surface area contributed by atoms with Crippen LogP contribution in [-0.4, -0.2) is 21.7 Å². The molecule has 3 heterocycles. The lowest BCUT2D eigenvalue weighted by Crippen LogP contribution is -2.46. The van der Waals surface area contributed by atoms with Crippen LogP contribution in [-0.2, 0) is 9.59 Å². The van der Waals surface area contributed by atoms with Gasteiger partial charge in [0.2, 0.25) is 11.8 Å². The molecule has 2 unspecified atom stereocenters. The van der Waals surface area contributed by atoms with Crippen molar-refractivity contribution in [3.63, 3.8) is 0 Å². The molecule has 1 aliphatic heterocycles. The molecule has 3 aromatic rings. The van der Waals surface area contributed by atoms with E-state index in [1.807, 2.05) is 48.7 Å². The molecule has 0 bridgehead atoms. The van der Waals surface area contributed by atoms with Gasteiger partial charge in [-0.2, -0.15) is 0 Å². The molecular weight excluding hydrogens is 416 g/mol. The number of nitrogens with one attached hydrogen (secondary N) is 1. The van der Waals surface area contributed by atoms with Gasteiger partial charge in [-0.1, -0.05) is 23.8 Å². The first-order chi connectivity index (χ1) is 15.0. The topological polar surface area (TPSA) is 105 Å². The summed E-state index contributed by atoms with van der Waals surface area (Å²) in [6, 6.07) is 12.3. The number of rotatable bonds is 5. The maximum Gasteiger partial charge on any atom is 0.310 e. The number of benzene rings is 1. The van der Waals surface area contributed by atoms with Crippen molar-refractivity contribution in [2.45, 2.75) is 25.8 Å². The second-order valence-electron chi connectivity index (χ2n) is 7.34. The van der Waals surface area contributed by atoms with Crippen molar-refractivity contribution in [3.05, 3.63) is 80.8 Å². The molecule has 0 spiro atoms. The van der Waals surface area contributed by atoms with Crippen molar-refractivity contribution < 1.29 is 14.5 Å². The Balaban J connectivity index is 1.71. The van der Waals surface area contributed by atoms with Crippen LogP contribution in [0.15, 0.2) is 60.2 Å². The summed E-state index contributed by atoms with van der Waals surface area (Å²) >= 11 is 1.48. The molecule has 158 valence electrons. The van der Waals surface area contributed by atoms with Gasteiger partial charge < -0.3 is 10.2 Å². The Labute approximate surface area is 182 Å². The maximum atomic E-state index is 13.3. The Morgan fingerprint density at radius 1 is 1.26 bits per heavy atom. The molecule has 0 aliphatic carbocycles. The summed E-state index contributed by atoms with van der Waals surface area (Å²) in [7, 11) is 0. The van der Waals surface area contributed by atoms with E-state index in [1.165, 1.54) is 23.6 Å². The molecule has 9 heteroatoms. The Bertz CT molecular complexity index is 1110. The predicted octanol–water partition coefficient (Wildman–Crippen LogP) is 4.48. The van der Waals surface area contributed by atoms with Crippen molar-refractivity contribution in [1.29, 1.82) is 0 Å². The van der Waals surface area contributed by atoms with Crippen LogP contribution < -0.4 is 10.2 Å². The maximum absolute atomic E-state index is 13.3.